The summed E-state index contributed by atoms with van der Waals surface area (Å²) in [5, 5.41) is 19.6. The van der Waals surface area contributed by atoms with Crippen molar-refractivity contribution in [2.24, 2.45) is 0 Å². The molecule has 1 aromatic heterocycles. The molecule has 1 aliphatic rings. The van der Waals surface area contributed by atoms with Crippen molar-refractivity contribution in [3.05, 3.63) is 30.6 Å². The minimum Gasteiger partial charge on any atom is -0.387 e. The van der Waals surface area contributed by atoms with Crippen molar-refractivity contribution in [1.82, 2.24) is 0 Å². The maximum Gasteiger partial charge on any atom is 0.469 e. The molecule has 0 bridgehead atoms. The van der Waals surface area contributed by atoms with Crippen molar-refractivity contribution in [1.29, 1.82) is 0 Å². The molecule has 0 aliphatic carbocycles. The van der Waals surface area contributed by atoms with E-state index in [0.717, 1.165) is 0 Å². The average Bonchev–Trinajstić information content (AvgIpc) is 2.64. The molecule has 2 heterocycles. The molecule has 0 spiro atoms. The highest BCUT2D eigenvalue weighted by Crippen LogP contribution is 2.37. The average molecular weight is 292 g/mol. The zero-order valence-corrected chi connectivity index (χ0v) is 10.7. The third-order valence-electron chi connectivity index (χ3n) is 2.78. The van der Waals surface area contributed by atoms with Crippen LogP contribution in [0.15, 0.2) is 30.6 Å². The fourth-order valence-electron chi connectivity index (χ4n) is 1.87. The van der Waals surface area contributed by atoms with E-state index in [-0.39, 0.29) is 0 Å². The van der Waals surface area contributed by atoms with Crippen LogP contribution in [0.1, 0.15) is 6.23 Å². The van der Waals surface area contributed by atoms with Crippen LogP contribution in [-0.4, -0.2) is 44.9 Å². The summed E-state index contributed by atoms with van der Waals surface area (Å²) in [6.07, 6.45) is -1.05. The van der Waals surface area contributed by atoms with Gasteiger partial charge in [-0.3, -0.25) is 4.52 Å². The molecule has 1 aliphatic heterocycles. The van der Waals surface area contributed by atoms with E-state index in [1.807, 2.05) is 0 Å². The molecule has 0 amide bonds. The van der Waals surface area contributed by atoms with Crippen LogP contribution in [0.4, 0.5) is 0 Å². The SMILES string of the molecule is O=P(O)(O)OC[C@H]1OC([n+]2ccccc2)[C@H](O)[C@@H]1O. The molecular weight excluding hydrogens is 277 g/mol. The number of pyridine rings is 1. The maximum absolute atomic E-state index is 10.6. The van der Waals surface area contributed by atoms with E-state index in [9.17, 15) is 14.8 Å². The number of aromatic nitrogens is 1. The van der Waals surface area contributed by atoms with Crippen molar-refractivity contribution in [2.45, 2.75) is 24.5 Å². The van der Waals surface area contributed by atoms with Crippen molar-refractivity contribution in [3.8, 4) is 0 Å². The Hall–Kier alpha value is -0.860. The van der Waals surface area contributed by atoms with Gasteiger partial charge in [0.2, 0.25) is 0 Å². The number of nitrogens with zero attached hydrogens (tertiary/aromatic N) is 1. The largest absolute Gasteiger partial charge is 0.469 e. The summed E-state index contributed by atoms with van der Waals surface area (Å²) < 4.78 is 21.8. The van der Waals surface area contributed by atoms with Gasteiger partial charge in [-0.1, -0.05) is 6.07 Å². The molecule has 0 aromatic carbocycles. The molecule has 0 saturated carbocycles. The summed E-state index contributed by atoms with van der Waals surface area (Å²) in [7, 11) is -4.64. The predicted molar refractivity (Wildman–Crippen MR) is 60.6 cm³/mol. The summed E-state index contributed by atoms with van der Waals surface area (Å²) in [6, 6.07) is 5.23. The first-order chi connectivity index (χ1) is 8.88. The topological polar surface area (TPSA) is 120 Å². The van der Waals surface area contributed by atoms with E-state index in [2.05, 4.69) is 4.52 Å². The molecule has 1 saturated heterocycles. The van der Waals surface area contributed by atoms with Gasteiger partial charge in [0.15, 0.2) is 18.5 Å². The third kappa shape index (κ3) is 3.58. The highest BCUT2D eigenvalue weighted by molar-refractivity contribution is 7.46. The number of aliphatic hydroxyl groups is 2. The van der Waals surface area contributed by atoms with Crippen molar-refractivity contribution in [2.75, 3.05) is 6.61 Å². The molecular formula is C10H15NO7P+. The zero-order chi connectivity index (χ0) is 14.0. The standard InChI is InChI=1S/C10H14NO7P/c12-8-7(6-17-19(14,15)16)18-10(9(8)13)11-4-2-1-3-5-11/h1-5,7-10,12-13H,6H2,(H-,14,15,16)/p+1/t7-,8-,9-,10?/m1/s1. The molecule has 0 radical (unpaired) electrons. The number of phosphoric acid groups is 1. The van der Waals surface area contributed by atoms with Crippen molar-refractivity contribution in [3.63, 3.8) is 0 Å². The summed E-state index contributed by atoms with van der Waals surface area (Å²) >= 11 is 0. The Bertz CT molecular complexity index is 464. The van der Waals surface area contributed by atoms with E-state index in [4.69, 9.17) is 14.5 Å². The number of ether oxygens (including phenoxy) is 1. The summed E-state index contributed by atoms with van der Waals surface area (Å²) in [5.41, 5.74) is 0. The molecule has 8 nitrogen and oxygen atoms in total. The van der Waals surface area contributed by atoms with Crippen LogP contribution >= 0.6 is 7.82 Å². The van der Waals surface area contributed by atoms with E-state index in [1.165, 1.54) is 0 Å². The summed E-state index contributed by atoms with van der Waals surface area (Å²) in [4.78, 5) is 17.2. The smallest absolute Gasteiger partial charge is 0.387 e. The molecule has 1 fully saturated rings. The number of phosphoric ester groups is 1. The number of rotatable bonds is 4. The fourth-order valence-corrected chi connectivity index (χ4v) is 2.21. The van der Waals surface area contributed by atoms with Crippen LogP contribution < -0.4 is 4.57 Å². The highest BCUT2D eigenvalue weighted by atomic mass is 31.2. The van der Waals surface area contributed by atoms with E-state index in [1.54, 1.807) is 35.2 Å². The van der Waals surface area contributed by atoms with Crippen molar-refractivity contribution >= 4 is 7.82 Å². The van der Waals surface area contributed by atoms with Gasteiger partial charge in [-0.2, -0.15) is 4.57 Å². The van der Waals surface area contributed by atoms with Gasteiger partial charge in [-0.05, 0) is 0 Å². The molecule has 1 aromatic rings. The molecule has 4 atom stereocenters. The van der Waals surface area contributed by atoms with Gasteiger partial charge >= 0.3 is 7.82 Å². The van der Waals surface area contributed by atoms with Crippen LogP contribution in [0.25, 0.3) is 0 Å². The Balaban J connectivity index is 2.04. The molecule has 19 heavy (non-hydrogen) atoms. The number of aliphatic hydroxyl groups excluding tert-OH is 2. The Morgan fingerprint density at radius 2 is 1.79 bits per heavy atom. The second-order valence-corrected chi connectivity index (χ2v) is 5.39. The van der Waals surface area contributed by atoms with Gasteiger partial charge in [0.25, 0.3) is 6.23 Å². The molecule has 106 valence electrons. The molecule has 2 rings (SSSR count). The third-order valence-corrected chi connectivity index (χ3v) is 3.26. The monoisotopic (exact) mass is 292 g/mol. The first-order valence-corrected chi connectivity index (χ1v) is 7.09. The van der Waals surface area contributed by atoms with Gasteiger partial charge in [0.05, 0.1) is 6.61 Å². The van der Waals surface area contributed by atoms with Gasteiger partial charge in [0.1, 0.15) is 12.2 Å². The maximum atomic E-state index is 10.6. The van der Waals surface area contributed by atoms with Gasteiger partial charge in [-0.25, -0.2) is 4.57 Å². The van der Waals surface area contributed by atoms with E-state index in [0.29, 0.717) is 0 Å². The highest BCUT2D eigenvalue weighted by Gasteiger charge is 2.48. The first kappa shape index (κ1) is 14.5. The second kappa shape index (κ2) is 5.64. The van der Waals surface area contributed by atoms with E-state index < -0.39 is 39.0 Å². The lowest BCUT2D eigenvalue weighted by molar-refractivity contribution is -0.765. The lowest BCUT2D eigenvalue weighted by atomic mass is 10.1. The zero-order valence-electron chi connectivity index (χ0n) is 9.81. The quantitative estimate of drug-likeness (QED) is 0.402. The normalized spacial score (nSPS) is 31.6. The number of hydrogen-bond donors (Lipinski definition) is 4. The molecule has 9 heteroatoms. The van der Waals surface area contributed by atoms with Crippen LogP contribution in [-0.2, 0) is 13.8 Å². The molecule has 4 N–H and O–H groups in total. The lowest BCUT2D eigenvalue weighted by Crippen LogP contribution is -2.45. The second-order valence-electron chi connectivity index (χ2n) is 4.16. The number of hydrogen-bond acceptors (Lipinski definition) is 5. The Morgan fingerprint density at radius 1 is 1.16 bits per heavy atom. The lowest BCUT2D eigenvalue weighted by Gasteiger charge is -2.13. The predicted octanol–water partition coefficient (Wildman–Crippen LogP) is -1.30. The van der Waals surface area contributed by atoms with Crippen LogP contribution in [0, 0.1) is 0 Å². The summed E-state index contributed by atoms with van der Waals surface area (Å²) in [6.45, 7) is -0.508. The van der Waals surface area contributed by atoms with Crippen LogP contribution in [0.5, 0.6) is 0 Å². The minimum atomic E-state index is -4.64. The van der Waals surface area contributed by atoms with Crippen LogP contribution in [0.2, 0.25) is 0 Å². The van der Waals surface area contributed by atoms with E-state index >= 15 is 0 Å². The fraction of sp³-hybridized carbons (Fsp3) is 0.500. The van der Waals surface area contributed by atoms with Crippen LogP contribution in [0.3, 0.4) is 0 Å². The van der Waals surface area contributed by atoms with Crippen molar-refractivity contribution < 1.29 is 38.4 Å². The van der Waals surface area contributed by atoms with Gasteiger partial charge in [-0.15, -0.1) is 0 Å². The Morgan fingerprint density at radius 3 is 2.37 bits per heavy atom. The Labute approximate surface area is 109 Å². The van der Waals surface area contributed by atoms with Gasteiger partial charge < -0.3 is 24.7 Å². The summed E-state index contributed by atoms with van der Waals surface area (Å²) in [5.74, 6) is 0. The minimum absolute atomic E-state index is 0.508. The molecule has 1 unspecified atom stereocenters. The first-order valence-electron chi connectivity index (χ1n) is 5.56. The van der Waals surface area contributed by atoms with Gasteiger partial charge in [0, 0.05) is 12.1 Å². The Kier molecular flexibility index (Phi) is 4.32.